The molecule has 0 saturated heterocycles. The Morgan fingerprint density at radius 3 is 2.60 bits per heavy atom. The lowest BCUT2D eigenvalue weighted by molar-refractivity contribution is 0.0698. The summed E-state index contributed by atoms with van der Waals surface area (Å²) in [7, 11) is 0. The first kappa shape index (κ1) is 13.4. The van der Waals surface area contributed by atoms with E-state index in [2.05, 4.69) is 10.5 Å². The molecule has 0 atom stereocenters. The van der Waals surface area contributed by atoms with Crippen LogP contribution in [0.2, 0.25) is 0 Å². The maximum absolute atomic E-state index is 11.0. The molecule has 2 aromatic rings. The minimum absolute atomic E-state index is 0.0520. The first-order valence-corrected chi connectivity index (χ1v) is 5.71. The number of hydrogen-bond donors (Lipinski definition) is 4. The van der Waals surface area contributed by atoms with Gasteiger partial charge in [-0.1, -0.05) is 12.1 Å². The Kier molecular flexibility index (Phi) is 3.85. The minimum atomic E-state index is -1.06. The van der Waals surface area contributed by atoms with Crippen molar-refractivity contribution in [3.63, 3.8) is 0 Å². The van der Waals surface area contributed by atoms with Crippen LogP contribution in [-0.4, -0.2) is 27.5 Å². The van der Waals surface area contributed by atoms with E-state index in [9.17, 15) is 9.90 Å². The third kappa shape index (κ3) is 3.05. The highest BCUT2D eigenvalue weighted by atomic mass is 16.4. The van der Waals surface area contributed by atoms with E-state index < -0.39 is 5.97 Å². The number of anilines is 1. The lowest BCUT2D eigenvalue weighted by atomic mass is 10.2. The van der Waals surface area contributed by atoms with Crippen LogP contribution in [0.1, 0.15) is 15.9 Å². The fourth-order valence-electron chi connectivity index (χ4n) is 1.58. The summed E-state index contributed by atoms with van der Waals surface area (Å²) < 4.78 is 0. The normalized spacial score (nSPS) is 10.6. The van der Waals surface area contributed by atoms with E-state index in [0.29, 0.717) is 11.3 Å². The second kappa shape index (κ2) is 5.75. The second-order valence-electron chi connectivity index (χ2n) is 3.96. The van der Waals surface area contributed by atoms with Gasteiger partial charge in [0.1, 0.15) is 11.5 Å². The van der Waals surface area contributed by atoms with Gasteiger partial charge in [-0.25, -0.2) is 4.79 Å². The molecular formula is C14H12N2O4. The third-order valence-electron chi connectivity index (χ3n) is 2.56. The van der Waals surface area contributed by atoms with E-state index in [0.717, 1.165) is 0 Å². The molecule has 2 rings (SSSR count). The van der Waals surface area contributed by atoms with Crippen molar-refractivity contribution >= 4 is 17.9 Å². The molecule has 6 heteroatoms. The summed E-state index contributed by atoms with van der Waals surface area (Å²) in [5.41, 5.74) is 3.43. The lowest BCUT2D eigenvalue weighted by Gasteiger charge is -2.04. The maximum Gasteiger partial charge on any atom is 0.337 e. The molecule has 4 N–H and O–H groups in total. The standard InChI is InChI=1S/C14H12N2O4/c17-10-6-5-9(13(18)7-10)8-15-16-12-4-2-1-3-11(12)14(19)20/h1-8,16-18H,(H,19,20)/b15-8+. The van der Waals surface area contributed by atoms with Crippen LogP contribution in [0.5, 0.6) is 11.5 Å². The van der Waals surface area contributed by atoms with E-state index in [1.165, 1.54) is 30.5 Å². The van der Waals surface area contributed by atoms with Gasteiger partial charge in [0, 0.05) is 11.6 Å². The summed E-state index contributed by atoms with van der Waals surface area (Å²) in [6, 6.07) is 10.4. The van der Waals surface area contributed by atoms with E-state index in [4.69, 9.17) is 10.2 Å². The molecular weight excluding hydrogens is 260 g/mol. The first-order chi connectivity index (χ1) is 9.58. The van der Waals surface area contributed by atoms with Crippen LogP contribution in [-0.2, 0) is 0 Å². The zero-order chi connectivity index (χ0) is 14.5. The highest BCUT2D eigenvalue weighted by Crippen LogP contribution is 2.21. The van der Waals surface area contributed by atoms with E-state index in [1.807, 2.05) is 0 Å². The zero-order valence-corrected chi connectivity index (χ0v) is 10.3. The number of para-hydroxylation sites is 1. The molecule has 0 aromatic heterocycles. The van der Waals surface area contributed by atoms with Gasteiger partial charge in [0.05, 0.1) is 17.5 Å². The largest absolute Gasteiger partial charge is 0.508 e. The number of rotatable bonds is 4. The smallest absolute Gasteiger partial charge is 0.337 e. The fourth-order valence-corrected chi connectivity index (χ4v) is 1.58. The van der Waals surface area contributed by atoms with Crippen LogP contribution >= 0.6 is 0 Å². The van der Waals surface area contributed by atoms with Crippen LogP contribution < -0.4 is 5.43 Å². The Labute approximate surface area is 114 Å². The molecule has 0 fully saturated rings. The van der Waals surface area contributed by atoms with Crippen molar-refractivity contribution in [3.8, 4) is 11.5 Å². The van der Waals surface area contributed by atoms with E-state index in [-0.39, 0.29) is 17.1 Å². The zero-order valence-electron chi connectivity index (χ0n) is 10.3. The number of benzene rings is 2. The number of carbonyl (C=O) groups is 1. The molecule has 0 unspecified atom stereocenters. The van der Waals surface area contributed by atoms with Gasteiger partial charge in [-0.2, -0.15) is 5.10 Å². The van der Waals surface area contributed by atoms with Gasteiger partial charge < -0.3 is 15.3 Å². The molecule has 0 heterocycles. The number of phenolic OH excluding ortho intramolecular Hbond substituents is 2. The van der Waals surface area contributed by atoms with Crippen LogP contribution in [0, 0.1) is 0 Å². The molecule has 102 valence electrons. The summed E-state index contributed by atoms with van der Waals surface area (Å²) in [6.07, 6.45) is 1.33. The van der Waals surface area contributed by atoms with Crippen molar-refractivity contribution in [2.75, 3.05) is 5.43 Å². The fraction of sp³-hybridized carbons (Fsp3) is 0. The van der Waals surface area contributed by atoms with Gasteiger partial charge >= 0.3 is 5.97 Å². The van der Waals surface area contributed by atoms with Gasteiger partial charge in [0.15, 0.2) is 0 Å². The Bertz CT molecular complexity index is 668. The van der Waals surface area contributed by atoms with Crippen molar-refractivity contribution in [1.82, 2.24) is 0 Å². The number of aromatic hydroxyl groups is 2. The second-order valence-corrected chi connectivity index (χ2v) is 3.96. The SMILES string of the molecule is O=C(O)c1ccccc1N/N=C/c1ccc(O)cc1O. The van der Waals surface area contributed by atoms with Crippen molar-refractivity contribution < 1.29 is 20.1 Å². The molecule has 0 aliphatic rings. The van der Waals surface area contributed by atoms with Gasteiger partial charge in [-0.3, -0.25) is 5.43 Å². The number of hydrogen-bond acceptors (Lipinski definition) is 5. The Morgan fingerprint density at radius 1 is 1.15 bits per heavy atom. The first-order valence-electron chi connectivity index (χ1n) is 5.71. The molecule has 20 heavy (non-hydrogen) atoms. The van der Waals surface area contributed by atoms with Crippen LogP contribution in [0.25, 0.3) is 0 Å². The summed E-state index contributed by atoms with van der Waals surface area (Å²) in [5.74, 6) is -1.23. The Balaban J connectivity index is 2.16. The predicted molar refractivity (Wildman–Crippen MR) is 74.4 cm³/mol. The van der Waals surface area contributed by atoms with Gasteiger partial charge in [-0.05, 0) is 24.3 Å². The number of carboxylic acids is 1. The quantitative estimate of drug-likeness (QED) is 0.505. The number of nitrogens with zero attached hydrogens (tertiary/aromatic N) is 1. The number of hydrazone groups is 1. The topological polar surface area (TPSA) is 102 Å². The average molecular weight is 272 g/mol. The van der Waals surface area contributed by atoms with E-state index >= 15 is 0 Å². The van der Waals surface area contributed by atoms with Gasteiger partial charge in [0.2, 0.25) is 0 Å². The Morgan fingerprint density at radius 2 is 1.90 bits per heavy atom. The predicted octanol–water partition coefficient (Wildman–Crippen LogP) is 2.24. The number of carboxylic acid groups (broad SMARTS) is 1. The summed E-state index contributed by atoms with van der Waals surface area (Å²) in [5, 5.41) is 31.6. The molecule has 0 amide bonds. The molecule has 6 nitrogen and oxygen atoms in total. The molecule has 2 aromatic carbocycles. The highest BCUT2D eigenvalue weighted by Gasteiger charge is 2.07. The molecule has 0 radical (unpaired) electrons. The monoisotopic (exact) mass is 272 g/mol. The molecule has 0 saturated carbocycles. The van der Waals surface area contributed by atoms with Crippen LogP contribution in [0.3, 0.4) is 0 Å². The number of nitrogens with one attached hydrogen (secondary N) is 1. The summed E-state index contributed by atoms with van der Waals surface area (Å²) >= 11 is 0. The number of aromatic carboxylic acids is 1. The number of phenols is 2. The average Bonchev–Trinajstić information content (AvgIpc) is 2.41. The third-order valence-corrected chi connectivity index (χ3v) is 2.56. The van der Waals surface area contributed by atoms with Gasteiger partial charge in [-0.15, -0.1) is 0 Å². The molecule has 0 aliphatic carbocycles. The maximum atomic E-state index is 11.0. The molecule has 0 aliphatic heterocycles. The summed E-state index contributed by atoms with van der Waals surface area (Å²) in [4.78, 5) is 11.0. The van der Waals surface area contributed by atoms with Crippen molar-refractivity contribution in [2.24, 2.45) is 5.10 Å². The van der Waals surface area contributed by atoms with Crippen molar-refractivity contribution in [2.45, 2.75) is 0 Å². The van der Waals surface area contributed by atoms with E-state index in [1.54, 1.807) is 18.2 Å². The van der Waals surface area contributed by atoms with Crippen LogP contribution in [0.15, 0.2) is 47.6 Å². The van der Waals surface area contributed by atoms with Crippen molar-refractivity contribution in [3.05, 3.63) is 53.6 Å². The molecule has 0 bridgehead atoms. The Hall–Kier alpha value is -3.02. The summed E-state index contributed by atoms with van der Waals surface area (Å²) in [6.45, 7) is 0. The molecule has 0 spiro atoms. The lowest BCUT2D eigenvalue weighted by Crippen LogP contribution is -2.02. The van der Waals surface area contributed by atoms with Crippen molar-refractivity contribution in [1.29, 1.82) is 0 Å². The highest BCUT2D eigenvalue weighted by molar-refractivity contribution is 5.94. The van der Waals surface area contributed by atoms with Crippen LogP contribution in [0.4, 0.5) is 5.69 Å². The van der Waals surface area contributed by atoms with Gasteiger partial charge in [0.25, 0.3) is 0 Å². The minimum Gasteiger partial charge on any atom is -0.508 e.